The zero-order chi connectivity index (χ0) is 18.4. The van der Waals surface area contributed by atoms with E-state index in [9.17, 15) is 29.1 Å². The van der Waals surface area contributed by atoms with Gasteiger partial charge in [-0.3, -0.25) is 25.0 Å². The zero-order valence-electron chi connectivity index (χ0n) is 12.6. The van der Waals surface area contributed by atoms with E-state index in [1.54, 1.807) is 10.6 Å². The number of imide groups is 2. The second kappa shape index (κ2) is 5.44. The fourth-order valence-electron chi connectivity index (χ4n) is 2.50. The molecule has 128 valence electrons. The highest BCUT2D eigenvalue weighted by Crippen LogP contribution is 2.37. The van der Waals surface area contributed by atoms with Crippen LogP contribution in [0.5, 0.6) is 5.75 Å². The first kappa shape index (κ1) is 16.2. The Kier molecular flexibility index (Phi) is 3.52. The summed E-state index contributed by atoms with van der Waals surface area (Å²) in [6.45, 7) is 0. The topological polar surface area (TPSA) is 148 Å². The standard InChI is InChI=1S/C15H10N2O8/c1-24-7-4-2-6(3-5-7)9(18)8-10(19)11(20)25-15(8)12(21)16-14(23)17-13(15)22/h2-5,18H,1H3,(H2,16,17,21,22,23)/b9-8-. The predicted octanol–water partition coefficient (Wildman–Crippen LogP) is -0.805. The summed E-state index contributed by atoms with van der Waals surface area (Å²) in [5, 5.41) is 13.9. The molecule has 0 atom stereocenters. The maximum absolute atomic E-state index is 12.2. The van der Waals surface area contributed by atoms with Gasteiger partial charge in [-0.1, -0.05) is 0 Å². The average molecular weight is 346 g/mol. The quantitative estimate of drug-likeness (QED) is 0.207. The first-order valence-corrected chi connectivity index (χ1v) is 6.84. The fraction of sp³-hybridized carbons (Fsp3) is 0.133. The van der Waals surface area contributed by atoms with Gasteiger partial charge in [-0.15, -0.1) is 0 Å². The van der Waals surface area contributed by atoms with Crippen molar-refractivity contribution in [1.82, 2.24) is 10.6 Å². The third-order valence-corrected chi connectivity index (χ3v) is 3.70. The van der Waals surface area contributed by atoms with Crippen LogP contribution in [0.3, 0.4) is 0 Å². The number of aliphatic hydroxyl groups excluding tert-OH is 1. The third kappa shape index (κ3) is 2.23. The minimum atomic E-state index is -2.77. The fourth-order valence-corrected chi connectivity index (χ4v) is 2.50. The number of Topliss-reactive ketones (excluding diaryl/α,β-unsaturated/α-hetero) is 1. The molecule has 0 aromatic heterocycles. The highest BCUT2D eigenvalue weighted by molar-refractivity contribution is 6.50. The summed E-state index contributed by atoms with van der Waals surface area (Å²) in [5.74, 6) is -5.94. The van der Waals surface area contributed by atoms with Crippen LogP contribution >= 0.6 is 0 Å². The van der Waals surface area contributed by atoms with Crippen molar-refractivity contribution in [3.8, 4) is 5.75 Å². The molecular weight excluding hydrogens is 336 g/mol. The van der Waals surface area contributed by atoms with Crippen LogP contribution in [0.2, 0.25) is 0 Å². The van der Waals surface area contributed by atoms with Gasteiger partial charge in [-0.25, -0.2) is 9.59 Å². The van der Waals surface area contributed by atoms with Crippen molar-refractivity contribution in [1.29, 1.82) is 0 Å². The normalized spacial score (nSPS) is 20.9. The van der Waals surface area contributed by atoms with E-state index in [1.807, 2.05) is 0 Å². The largest absolute Gasteiger partial charge is 0.507 e. The van der Waals surface area contributed by atoms with Crippen molar-refractivity contribution < 1.29 is 38.6 Å². The van der Waals surface area contributed by atoms with Crippen LogP contribution < -0.4 is 15.4 Å². The van der Waals surface area contributed by atoms with Crippen molar-refractivity contribution in [3.63, 3.8) is 0 Å². The van der Waals surface area contributed by atoms with Crippen LogP contribution in [0, 0.1) is 0 Å². The number of amides is 4. The van der Waals surface area contributed by atoms with Crippen LogP contribution in [0.15, 0.2) is 29.8 Å². The Morgan fingerprint density at radius 2 is 1.60 bits per heavy atom. The Morgan fingerprint density at radius 1 is 1.04 bits per heavy atom. The number of benzene rings is 1. The number of hydrogen-bond acceptors (Lipinski definition) is 8. The van der Waals surface area contributed by atoms with Gasteiger partial charge in [-0.2, -0.15) is 0 Å². The Hall–Kier alpha value is -3.69. The van der Waals surface area contributed by atoms with Gasteiger partial charge in [0.05, 0.1) is 7.11 Å². The number of ketones is 1. The zero-order valence-corrected chi connectivity index (χ0v) is 12.6. The lowest BCUT2D eigenvalue weighted by atomic mass is 9.87. The summed E-state index contributed by atoms with van der Waals surface area (Å²) in [5.41, 5.74) is -3.61. The molecule has 2 aliphatic rings. The molecule has 10 heteroatoms. The number of methoxy groups -OCH3 is 1. The molecule has 0 aliphatic carbocycles. The number of urea groups is 1. The monoisotopic (exact) mass is 346 g/mol. The number of carbonyl (C=O) groups is 5. The summed E-state index contributed by atoms with van der Waals surface area (Å²) >= 11 is 0. The molecule has 0 saturated carbocycles. The maximum Gasteiger partial charge on any atom is 0.381 e. The summed E-state index contributed by atoms with van der Waals surface area (Å²) in [4.78, 5) is 59.4. The molecule has 2 heterocycles. The van der Waals surface area contributed by atoms with E-state index >= 15 is 0 Å². The van der Waals surface area contributed by atoms with E-state index in [0.717, 1.165) is 0 Å². The lowest BCUT2D eigenvalue weighted by molar-refractivity contribution is -0.165. The van der Waals surface area contributed by atoms with E-state index in [0.29, 0.717) is 5.75 Å². The van der Waals surface area contributed by atoms with E-state index in [1.165, 1.54) is 31.4 Å². The number of esters is 1. The van der Waals surface area contributed by atoms with Crippen molar-refractivity contribution in [2.24, 2.45) is 0 Å². The first-order chi connectivity index (χ1) is 11.8. The number of hydrogen-bond donors (Lipinski definition) is 3. The number of nitrogens with one attached hydrogen (secondary N) is 2. The van der Waals surface area contributed by atoms with Gasteiger partial charge in [0, 0.05) is 5.56 Å². The van der Waals surface area contributed by atoms with Crippen LogP contribution in [-0.4, -0.2) is 47.4 Å². The molecule has 25 heavy (non-hydrogen) atoms. The number of aliphatic hydroxyl groups is 1. The lowest BCUT2D eigenvalue weighted by Crippen LogP contribution is -2.67. The molecular formula is C15H10N2O8. The molecule has 1 aromatic carbocycles. The third-order valence-electron chi connectivity index (χ3n) is 3.70. The van der Waals surface area contributed by atoms with E-state index in [4.69, 9.17) is 4.74 Å². The van der Waals surface area contributed by atoms with E-state index < -0.39 is 46.5 Å². The minimum Gasteiger partial charge on any atom is -0.507 e. The van der Waals surface area contributed by atoms with Crippen molar-refractivity contribution >= 4 is 35.4 Å². The van der Waals surface area contributed by atoms with Gasteiger partial charge in [0.15, 0.2) is 0 Å². The molecule has 0 unspecified atom stereocenters. The second-order valence-electron chi connectivity index (χ2n) is 5.09. The summed E-state index contributed by atoms with van der Waals surface area (Å²) < 4.78 is 9.63. The molecule has 2 fully saturated rings. The van der Waals surface area contributed by atoms with Gasteiger partial charge in [0.1, 0.15) is 17.1 Å². The molecule has 0 bridgehead atoms. The highest BCUT2D eigenvalue weighted by atomic mass is 16.6. The van der Waals surface area contributed by atoms with Gasteiger partial charge >= 0.3 is 17.6 Å². The Bertz CT molecular complexity index is 848. The molecule has 3 N–H and O–H groups in total. The van der Waals surface area contributed by atoms with Crippen molar-refractivity contribution in [2.45, 2.75) is 5.60 Å². The second-order valence-corrected chi connectivity index (χ2v) is 5.09. The number of ether oxygens (including phenoxy) is 2. The van der Waals surface area contributed by atoms with Crippen molar-refractivity contribution in [2.75, 3.05) is 7.11 Å². The van der Waals surface area contributed by atoms with Gasteiger partial charge in [0.25, 0.3) is 17.6 Å². The summed E-state index contributed by atoms with van der Waals surface area (Å²) in [6.07, 6.45) is 0. The van der Waals surface area contributed by atoms with Gasteiger partial charge in [-0.05, 0) is 24.3 Å². The molecule has 0 radical (unpaired) electrons. The highest BCUT2D eigenvalue weighted by Gasteiger charge is 2.66. The first-order valence-electron chi connectivity index (χ1n) is 6.84. The molecule has 4 amide bonds. The summed E-state index contributed by atoms with van der Waals surface area (Å²) in [6, 6.07) is 4.44. The predicted molar refractivity (Wildman–Crippen MR) is 78.1 cm³/mol. The van der Waals surface area contributed by atoms with Gasteiger partial charge in [0.2, 0.25) is 0 Å². The Morgan fingerprint density at radius 3 is 2.12 bits per heavy atom. The Balaban J connectivity index is 2.20. The summed E-state index contributed by atoms with van der Waals surface area (Å²) in [7, 11) is 1.42. The van der Waals surface area contributed by atoms with Crippen LogP contribution in [-0.2, 0) is 23.9 Å². The van der Waals surface area contributed by atoms with Crippen LogP contribution in [0.1, 0.15) is 5.56 Å². The van der Waals surface area contributed by atoms with Crippen LogP contribution in [0.25, 0.3) is 5.76 Å². The van der Waals surface area contributed by atoms with E-state index in [-0.39, 0.29) is 5.56 Å². The van der Waals surface area contributed by atoms with E-state index in [2.05, 4.69) is 4.74 Å². The Labute approximate surface area is 139 Å². The maximum atomic E-state index is 12.2. The minimum absolute atomic E-state index is 0.0272. The van der Waals surface area contributed by atoms with Crippen LogP contribution in [0.4, 0.5) is 4.79 Å². The molecule has 2 aliphatic heterocycles. The number of rotatable bonds is 2. The molecule has 3 rings (SSSR count). The molecule has 10 nitrogen and oxygen atoms in total. The average Bonchev–Trinajstić information content (AvgIpc) is 2.85. The SMILES string of the molecule is COc1ccc(/C(O)=C2\C(=O)C(=O)OC23C(=O)NC(=O)NC3=O)cc1. The lowest BCUT2D eigenvalue weighted by Gasteiger charge is -2.29. The molecule has 1 spiro atoms. The molecule has 1 aromatic rings. The van der Waals surface area contributed by atoms with Crippen molar-refractivity contribution in [3.05, 3.63) is 35.4 Å². The smallest absolute Gasteiger partial charge is 0.381 e. The van der Waals surface area contributed by atoms with Gasteiger partial charge < -0.3 is 14.6 Å². The number of carbonyl (C=O) groups excluding carboxylic acids is 5. The molecule has 2 saturated heterocycles. The number of barbiturate groups is 1.